The molecule has 8 nitrogen and oxygen atoms in total. The van der Waals surface area contributed by atoms with Crippen molar-refractivity contribution >= 4 is 5.69 Å². The second-order valence-electron chi connectivity index (χ2n) is 3.61. The highest BCUT2D eigenvalue weighted by molar-refractivity contribution is 5.50. The van der Waals surface area contributed by atoms with Gasteiger partial charge in [-0.25, -0.2) is 4.68 Å². The standard InChI is InChI=1S/C11H12N4O4/c1-18-9-2-3-11(10(8-9)15(16)17)19-7-6-14-5-4-12-13-14/h2-5,8H,6-7H2,1H3. The third kappa shape index (κ3) is 3.18. The summed E-state index contributed by atoms with van der Waals surface area (Å²) in [4.78, 5) is 10.4. The molecule has 2 aromatic rings. The Balaban J connectivity index is 2.04. The van der Waals surface area contributed by atoms with Crippen LogP contribution in [0.2, 0.25) is 0 Å². The summed E-state index contributed by atoms with van der Waals surface area (Å²) in [7, 11) is 1.45. The SMILES string of the molecule is COc1ccc(OCCn2ccnn2)c([N+](=O)[O-])c1. The van der Waals surface area contributed by atoms with Gasteiger partial charge >= 0.3 is 5.69 Å². The van der Waals surface area contributed by atoms with E-state index < -0.39 is 4.92 Å². The first-order valence-electron chi connectivity index (χ1n) is 5.50. The van der Waals surface area contributed by atoms with Crippen molar-refractivity contribution in [2.75, 3.05) is 13.7 Å². The van der Waals surface area contributed by atoms with Crippen molar-refractivity contribution in [3.05, 3.63) is 40.7 Å². The molecule has 1 heterocycles. The number of ether oxygens (including phenoxy) is 2. The Hall–Kier alpha value is -2.64. The highest BCUT2D eigenvalue weighted by atomic mass is 16.6. The summed E-state index contributed by atoms with van der Waals surface area (Å²) in [5.74, 6) is 0.612. The maximum atomic E-state index is 10.9. The lowest BCUT2D eigenvalue weighted by Gasteiger charge is -2.07. The molecular weight excluding hydrogens is 252 g/mol. The molecule has 0 saturated heterocycles. The predicted octanol–water partition coefficient (Wildman–Crippen LogP) is 1.27. The van der Waals surface area contributed by atoms with E-state index in [1.165, 1.54) is 19.2 Å². The lowest BCUT2D eigenvalue weighted by molar-refractivity contribution is -0.385. The van der Waals surface area contributed by atoms with Gasteiger partial charge in [0.05, 0.1) is 30.8 Å². The molecule has 0 unspecified atom stereocenters. The van der Waals surface area contributed by atoms with Crippen LogP contribution in [0.3, 0.4) is 0 Å². The lowest BCUT2D eigenvalue weighted by atomic mass is 10.3. The summed E-state index contributed by atoms with van der Waals surface area (Å²) < 4.78 is 11.9. The Morgan fingerprint density at radius 1 is 1.47 bits per heavy atom. The molecule has 1 aromatic carbocycles. The fourth-order valence-electron chi connectivity index (χ4n) is 1.49. The molecule has 0 radical (unpaired) electrons. The van der Waals surface area contributed by atoms with Gasteiger partial charge in [0.25, 0.3) is 0 Å². The molecule has 0 N–H and O–H groups in total. The molecule has 0 aliphatic carbocycles. The number of methoxy groups -OCH3 is 1. The highest BCUT2D eigenvalue weighted by Crippen LogP contribution is 2.30. The van der Waals surface area contributed by atoms with Crippen molar-refractivity contribution in [1.82, 2.24) is 15.0 Å². The maximum Gasteiger partial charge on any atom is 0.314 e. The lowest BCUT2D eigenvalue weighted by Crippen LogP contribution is -2.09. The van der Waals surface area contributed by atoms with Gasteiger partial charge in [-0.1, -0.05) is 5.21 Å². The molecule has 0 aliphatic rings. The molecule has 8 heteroatoms. The third-order valence-corrected chi connectivity index (χ3v) is 2.41. The quantitative estimate of drug-likeness (QED) is 0.576. The molecule has 2 rings (SSSR count). The van der Waals surface area contributed by atoms with Crippen LogP contribution in [-0.2, 0) is 6.54 Å². The zero-order chi connectivity index (χ0) is 13.7. The summed E-state index contributed by atoms with van der Waals surface area (Å²) in [5.41, 5.74) is -0.127. The average molecular weight is 264 g/mol. The van der Waals surface area contributed by atoms with E-state index in [2.05, 4.69) is 10.3 Å². The van der Waals surface area contributed by atoms with Gasteiger partial charge in [-0.15, -0.1) is 5.10 Å². The van der Waals surface area contributed by atoms with E-state index in [0.717, 1.165) is 0 Å². The second kappa shape index (κ2) is 5.80. The number of nitro groups is 1. The maximum absolute atomic E-state index is 10.9. The minimum Gasteiger partial charge on any atom is -0.496 e. The van der Waals surface area contributed by atoms with Crippen LogP contribution in [0.15, 0.2) is 30.6 Å². The second-order valence-corrected chi connectivity index (χ2v) is 3.61. The van der Waals surface area contributed by atoms with Gasteiger partial charge < -0.3 is 9.47 Å². The Morgan fingerprint density at radius 2 is 2.32 bits per heavy atom. The number of nitrogens with zero attached hydrogens (tertiary/aromatic N) is 4. The Morgan fingerprint density at radius 3 is 2.95 bits per heavy atom. The molecule has 0 spiro atoms. The van der Waals surface area contributed by atoms with Crippen LogP contribution in [-0.4, -0.2) is 33.6 Å². The van der Waals surface area contributed by atoms with Gasteiger partial charge in [-0.3, -0.25) is 10.1 Å². The van der Waals surface area contributed by atoms with E-state index in [4.69, 9.17) is 9.47 Å². The van der Waals surface area contributed by atoms with E-state index >= 15 is 0 Å². The fraction of sp³-hybridized carbons (Fsp3) is 0.273. The van der Waals surface area contributed by atoms with Crippen LogP contribution in [0.25, 0.3) is 0 Å². The van der Waals surface area contributed by atoms with Crippen molar-refractivity contribution in [2.24, 2.45) is 0 Å². The summed E-state index contributed by atoms with van der Waals surface area (Å²) in [6.07, 6.45) is 3.24. The average Bonchev–Trinajstić information content (AvgIpc) is 2.92. The van der Waals surface area contributed by atoms with Gasteiger partial charge in [0.1, 0.15) is 12.4 Å². The van der Waals surface area contributed by atoms with Gasteiger partial charge in [-0.2, -0.15) is 0 Å². The van der Waals surface area contributed by atoms with Gasteiger partial charge in [0.2, 0.25) is 0 Å². The Bertz CT molecular complexity index is 556. The molecule has 19 heavy (non-hydrogen) atoms. The summed E-state index contributed by atoms with van der Waals surface area (Å²) in [6.45, 7) is 0.722. The number of hydrogen-bond donors (Lipinski definition) is 0. The van der Waals surface area contributed by atoms with E-state index in [9.17, 15) is 10.1 Å². The smallest absolute Gasteiger partial charge is 0.314 e. The molecule has 0 bridgehead atoms. The topological polar surface area (TPSA) is 92.3 Å². The van der Waals surface area contributed by atoms with Gasteiger partial charge in [-0.05, 0) is 12.1 Å². The van der Waals surface area contributed by atoms with E-state index in [-0.39, 0.29) is 18.0 Å². The van der Waals surface area contributed by atoms with Crippen LogP contribution in [0.1, 0.15) is 0 Å². The van der Waals surface area contributed by atoms with Crippen molar-refractivity contribution in [3.8, 4) is 11.5 Å². The molecule has 0 atom stereocenters. The summed E-state index contributed by atoms with van der Waals surface area (Å²) >= 11 is 0. The predicted molar refractivity (Wildman–Crippen MR) is 65.2 cm³/mol. The minimum absolute atomic E-state index is 0.127. The largest absolute Gasteiger partial charge is 0.496 e. The van der Waals surface area contributed by atoms with E-state index in [1.54, 1.807) is 23.1 Å². The van der Waals surface area contributed by atoms with Crippen molar-refractivity contribution in [3.63, 3.8) is 0 Å². The van der Waals surface area contributed by atoms with Crippen LogP contribution >= 0.6 is 0 Å². The molecular formula is C11H12N4O4. The molecule has 0 saturated carbocycles. The minimum atomic E-state index is -0.507. The molecule has 0 fully saturated rings. The van der Waals surface area contributed by atoms with Gasteiger partial charge in [0.15, 0.2) is 5.75 Å². The van der Waals surface area contributed by atoms with E-state index in [1.807, 2.05) is 0 Å². The monoisotopic (exact) mass is 264 g/mol. The third-order valence-electron chi connectivity index (χ3n) is 2.41. The summed E-state index contributed by atoms with van der Waals surface area (Å²) in [6, 6.07) is 4.45. The number of hydrogen-bond acceptors (Lipinski definition) is 6. The zero-order valence-electron chi connectivity index (χ0n) is 10.2. The number of rotatable bonds is 6. The molecule has 100 valence electrons. The Labute approximate surface area is 108 Å². The molecule has 1 aromatic heterocycles. The number of nitro benzene ring substituents is 1. The van der Waals surface area contributed by atoms with Crippen LogP contribution in [0.4, 0.5) is 5.69 Å². The van der Waals surface area contributed by atoms with E-state index in [0.29, 0.717) is 12.3 Å². The first-order chi connectivity index (χ1) is 9.20. The highest BCUT2D eigenvalue weighted by Gasteiger charge is 2.16. The first kappa shape index (κ1) is 12.8. The van der Waals surface area contributed by atoms with Crippen molar-refractivity contribution < 1.29 is 14.4 Å². The number of aromatic nitrogens is 3. The molecule has 0 amide bonds. The fourth-order valence-corrected chi connectivity index (χ4v) is 1.49. The number of benzene rings is 1. The van der Waals surface area contributed by atoms with Crippen molar-refractivity contribution in [2.45, 2.75) is 6.54 Å². The summed E-state index contributed by atoms with van der Waals surface area (Å²) in [5, 5.41) is 18.3. The first-order valence-corrected chi connectivity index (χ1v) is 5.50. The Kier molecular flexibility index (Phi) is 3.91. The normalized spacial score (nSPS) is 10.2. The van der Waals surface area contributed by atoms with Crippen molar-refractivity contribution in [1.29, 1.82) is 0 Å². The van der Waals surface area contributed by atoms with Gasteiger partial charge in [0, 0.05) is 6.20 Å². The molecule has 0 aliphatic heterocycles. The van der Waals surface area contributed by atoms with Crippen LogP contribution in [0, 0.1) is 10.1 Å². The van der Waals surface area contributed by atoms with Crippen LogP contribution < -0.4 is 9.47 Å². The van der Waals surface area contributed by atoms with Crippen LogP contribution in [0.5, 0.6) is 11.5 Å². The zero-order valence-corrected chi connectivity index (χ0v) is 10.2.